The zero-order chi connectivity index (χ0) is 9.03. The molecule has 0 unspecified atom stereocenters. The Morgan fingerprint density at radius 1 is 1.08 bits per heavy atom. The summed E-state index contributed by atoms with van der Waals surface area (Å²) in [4.78, 5) is 0. The fourth-order valence-corrected chi connectivity index (χ4v) is 1.47. The number of rotatable bonds is 3. The molecular formula is C10H16OSi. The lowest BCUT2D eigenvalue weighted by molar-refractivity contribution is 0.299. The summed E-state index contributed by atoms with van der Waals surface area (Å²) in [6.45, 7) is 7.37. The molecule has 0 amide bonds. The highest BCUT2D eigenvalue weighted by molar-refractivity contribution is 6.69. The molecule has 1 rings (SSSR count). The molecule has 0 radical (unpaired) electrons. The topological polar surface area (TPSA) is 9.23 Å². The summed E-state index contributed by atoms with van der Waals surface area (Å²) in [6.07, 6.45) is 0. The van der Waals surface area contributed by atoms with E-state index in [4.69, 9.17) is 4.43 Å². The quantitative estimate of drug-likeness (QED) is 0.650. The molecule has 0 N–H and O–H groups in total. The first kappa shape index (κ1) is 9.48. The second-order valence-electron chi connectivity index (χ2n) is 3.89. The third kappa shape index (κ3) is 3.69. The van der Waals surface area contributed by atoms with E-state index in [-0.39, 0.29) is 0 Å². The average Bonchev–Trinajstić information content (AvgIpc) is 2.02. The van der Waals surface area contributed by atoms with E-state index in [1.54, 1.807) is 0 Å². The summed E-state index contributed by atoms with van der Waals surface area (Å²) >= 11 is 0. The highest BCUT2D eigenvalue weighted by atomic mass is 28.4. The molecular weight excluding hydrogens is 164 g/mol. The highest BCUT2D eigenvalue weighted by Gasteiger charge is 2.13. The third-order valence-corrected chi connectivity index (χ3v) is 2.53. The van der Waals surface area contributed by atoms with E-state index < -0.39 is 8.32 Å². The molecule has 0 heterocycles. The van der Waals surface area contributed by atoms with Gasteiger partial charge in [0.15, 0.2) is 8.32 Å². The van der Waals surface area contributed by atoms with Gasteiger partial charge in [-0.05, 0) is 25.2 Å². The molecule has 0 saturated heterocycles. The van der Waals surface area contributed by atoms with Gasteiger partial charge in [-0.2, -0.15) is 0 Å². The molecule has 1 aromatic carbocycles. The van der Waals surface area contributed by atoms with Crippen LogP contribution in [0.15, 0.2) is 30.3 Å². The first-order chi connectivity index (χ1) is 5.58. The zero-order valence-electron chi connectivity index (χ0n) is 8.00. The predicted octanol–water partition coefficient (Wildman–Crippen LogP) is 3.04. The van der Waals surface area contributed by atoms with Crippen LogP contribution in [0, 0.1) is 0 Å². The normalized spacial score (nSPS) is 11.6. The summed E-state index contributed by atoms with van der Waals surface area (Å²) in [6, 6.07) is 10.3. The van der Waals surface area contributed by atoms with Gasteiger partial charge >= 0.3 is 0 Å². The minimum absolute atomic E-state index is 0.760. The maximum atomic E-state index is 5.75. The van der Waals surface area contributed by atoms with Crippen molar-refractivity contribution in [2.45, 2.75) is 26.2 Å². The van der Waals surface area contributed by atoms with E-state index in [2.05, 4.69) is 31.8 Å². The maximum absolute atomic E-state index is 5.75. The van der Waals surface area contributed by atoms with E-state index in [0.29, 0.717) is 0 Å². The van der Waals surface area contributed by atoms with Crippen molar-refractivity contribution < 1.29 is 4.43 Å². The first-order valence-corrected chi connectivity index (χ1v) is 7.67. The van der Waals surface area contributed by atoms with Crippen LogP contribution in [0.1, 0.15) is 5.56 Å². The first-order valence-electron chi connectivity index (χ1n) is 4.26. The Morgan fingerprint density at radius 2 is 1.67 bits per heavy atom. The van der Waals surface area contributed by atoms with Gasteiger partial charge in [0.2, 0.25) is 0 Å². The van der Waals surface area contributed by atoms with Crippen LogP contribution >= 0.6 is 0 Å². The SMILES string of the molecule is C[Si](C)(C)OCc1ccccc1. The molecule has 0 atom stereocenters. The summed E-state index contributed by atoms with van der Waals surface area (Å²) in [5.74, 6) is 0. The summed E-state index contributed by atoms with van der Waals surface area (Å²) < 4.78 is 5.75. The molecule has 0 aromatic heterocycles. The van der Waals surface area contributed by atoms with Gasteiger partial charge < -0.3 is 4.43 Å². The third-order valence-electron chi connectivity index (χ3n) is 1.51. The smallest absolute Gasteiger partial charge is 0.184 e. The van der Waals surface area contributed by atoms with Crippen LogP contribution in [0.25, 0.3) is 0 Å². The number of hydrogen-bond acceptors (Lipinski definition) is 1. The van der Waals surface area contributed by atoms with Gasteiger partial charge in [-0.25, -0.2) is 0 Å². The Morgan fingerprint density at radius 3 is 2.17 bits per heavy atom. The summed E-state index contributed by atoms with van der Waals surface area (Å²) in [7, 11) is -1.34. The molecule has 0 bridgehead atoms. The van der Waals surface area contributed by atoms with Crippen LogP contribution in [0.3, 0.4) is 0 Å². The van der Waals surface area contributed by atoms with E-state index >= 15 is 0 Å². The molecule has 12 heavy (non-hydrogen) atoms. The standard InChI is InChI=1S/C10H16OSi/c1-12(2,3)11-9-10-7-5-4-6-8-10/h4-8H,9H2,1-3H3. The molecule has 1 nitrogen and oxygen atoms in total. The molecule has 0 aliphatic carbocycles. The van der Waals surface area contributed by atoms with Gasteiger partial charge in [0.1, 0.15) is 0 Å². The van der Waals surface area contributed by atoms with Gasteiger partial charge in [0, 0.05) is 0 Å². The number of benzene rings is 1. The van der Waals surface area contributed by atoms with E-state index in [1.807, 2.05) is 18.2 Å². The molecule has 0 aliphatic rings. The van der Waals surface area contributed by atoms with E-state index in [9.17, 15) is 0 Å². The second-order valence-corrected chi connectivity index (χ2v) is 8.40. The van der Waals surface area contributed by atoms with Crippen molar-refractivity contribution in [2.75, 3.05) is 0 Å². The van der Waals surface area contributed by atoms with Crippen molar-refractivity contribution in [2.24, 2.45) is 0 Å². The minimum atomic E-state index is -1.34. The van der Waals surface area contributed by atoms with Gasteiger partial charge in [-0.3, -0.25) is 0 Å². The lowest BCUT2D eigenvalue weighted by atomic mass is 10.2. The van der Waals surface area contributed by atoms with Crippen LogP contribution in [0.5, 0.6) is 0 Å². The lowest BCUT2D eigenvalue weighted by Crippen LogP contribution is -2.24. The Hall–Kier alpha value is -0.603. The van der Waals surface area contributed by atoms with Crippen LogP contribution in [0.2, 0.25) is 19.6 Å². The number of hydrogen-bond donors (Lipinski definition) is 0. The van der Waals surface area contributed by atoms with Crippen LogP contribution < -0.4 is 0 Å². The Bertz CT molecular complexity index is 225. The van der Waals surface area contributed by atoms with E-state index in [0.717, 1.165) is 6.61 Å². The van der Waals surface area contributed by atoms with Crippen LogP contribution in [-0.4, -0.2) is 8.32 Å². The molecule has 0 fully saturated rings. The van der Waals surface area contributed by atoms with Crippen molar-refractivity contribution in [3.8, 4) is 0 Å². The van der Waals surface area contributed by atoms with E-state index in [1.165, 1.54) is 5.56 Å². The van der Waals surface area contributed by atoms with Gasteiger partial charge in [-0.1, -0.05) is 30.3 Å². The molecule has 0 aliphatic heterocycles. The van der Waals surface area contributed by atoms with Gasteiger partial charge in [0.25, 0.3) is 0 Å². The fraction of sp³-hybridized carbons (Fsp3) is 0.400. The second kappa shape index (κ2) is 3.87. The molecule has 0 saturated carbocycles. The van der Waals surface area contributed by atoms with Crippen molar-refractivity contribution in [3.63, 3.8) is 0 Å². The van der Waals surface area contributed by atoms with Crippen molar-refractivity contribution in [1.29, 1.82) is 0 Å². The molecule has 1 aromatic rings. The summed E-state index contributed by atoms with van der Waals surface area (Å²) in [5.41, 5.74) is 1.26. The maximum Gasteiger partial charge on any atom is 0.184 e. The van der Waals surface area contributed by atoms with Crippen LogP contribution in [-0.2, 0) is 11.0 Å². The monoisotopic (exact) mass is 180 g/mol. The van der Waals surface area contributed by atoms with Crippen molar-refractivity contribution in [3.05, 3.63) is 35.9 Å². The Balaban J connectivity index is 2.44. The predicted molar refractivity (Wildman–Crippen MR) is 54.6 cm³/mol. The van der Waals surface area contributed by atoms with Crippen molar-refractivity contribution >= 4 is 8.32 Å². The lowest BCUT2D eigenvalue weighted by Gasteiger charge is -2.16. The van der Waals surface area contributed by atoms with Gasteiger partial charge in [0.05, 0.1) is 6.61 Å². The highest BCUT2D eigenvalue weighted by Crippen LogP contribution is 2.08. The Labute approximate surface area is 75.5 Å². The molecule has 2 heteroatoms. The fourth-order valence-electron chi connectivity index (χ4n) is 0.874. The molecule has 66 valence electrons. The van der Waals surface area contributed by atoms with Gasteiger partial charge in [-0.15, -0.1) is 0 Å². The summed E-state index contributed by atoms with van der Waals surface area (Å²) in [5, 5.41) is 0. The van der Waals surface area contributed by atoms with Crippen molar-refractivity contribution in [1.82, 2.24) is 0 Å². The largest absolute Gasteiger partial charge is 0.413 e. The zero-order valence-corrected chi connectivity index (χ0v) is 9.00. The molecule has 0 spiro atoms. The minimum Gasteiger partial charge on any atom is -0.413 e. The Kier molecular flexibility index (Phi) is 3.06. The van der Waals surface area contributed by atoms with Crippen LogP contribution in [0.4, 0.5) is 0 Å². The average molecular weight is 180 g/mol.